The van der Waals surface area contributed by atoms with Gasteiger partial charge in [0.1, 0.15) is 17.0 Å². The van der Waals surface area contributed by atoms with Crippen LogP contribution in [0.5, 0.6) is 5.75 Å². The first-order chi connectivity index (χ1) is 11.8. The van der Waals surface area contributed by atoms with Gasteiger partial charge in [0.15, 0.2) is 0 Å². The molecular weight excluding hydrogens is 400 g/mol. The Morgan fingerprint density at radius 1 is 1.04 bits per heavy atom. The summed E-state index contributed by atoms with van der Waals surface area (Å²) in [6.07, 6.45) is 0. The van der Waals surface area contributed by atoms with Crippen LogP contribution in [0.1, 0.15) is 16.7 Å². The SMILES string of the molecule is COc1ccccc1C1=NN=C2SC=C(c3ccc(C)cc3)N[NH+]21.[Br-]. The summed E-state index contributed by atoms with van der Waals surface area (Å²) in [6, 6.07) is 16.3. The summed E-state index contributed by atoms with van der Waals surface area (Å²) >= 11 is 1.59. The van der Waals surface area contributed by atoms with Crippen LogP contribution in [0, 0.1) is 6.92 Å². The number of hydrogen-bond donors (Lipinski definition) is 2. The van der Waals surface area contributed by atoms with Gasteiger partial charge in [-0.25, -0.2) is 5.43 Å². The molecule has 0 spiro atoms. The van der Waals surface area contributed by atoms with E-state index in [0.717, 1.165) is 38.6 Å². The first-order valence-corrected chi connectivity index (χ1v) is 8.52. The van der Waals surface area contributed by atoms with Gasteiger partial charge in [0, 0.05) is 11.0 Å². The normalized spacial score (nSPS) is 18.2. The minimum atomic E-state index is 0. The van der Waals surface area contributed by atoms with E-state index in [1.165, 1.54) is 5.56 Å². The first kappa shape index (κ1) is 17.7. The molecule has 4 rings (SSSR count). The van der Waals surface area contributed by atoms with Crippen LogP contribution in [0.25, 0.3) is 5.70 Å². The Hall–Kier alpha value is -2.09. The lowest BCUT2D eigenvalue weighted by atomic mass is 10.1. The number of nitrogens with zero attached hydrogens (tertiary/aromatic N) is 2. The molecule has 0 fully saturated rings. The lowest BCUT2D eigenvalue weighted by Crippen LogP contribution is -3.21. The molecule has 0 bridgehead atoms. The molecule has 5 nitrogen and oxygen atoms in total. The Bertz CT molecular complexity index is 877. The highest BCUT2D eigenvalue weighted by Crippen LogP contribution is 2.22. The number of quaternary nitrogens is 1. The number of aryl methyl sites for hydroxylation is 1. The fourth-order valence-electron chi connectivity index (χ4n) is 2.67. The van der Waals surface area contributed by atoms with Gasteiger partial charge in [-0.1, -0.05) is 52.2 Å². The van der Waals surface area contributed by atoms with Gasteiger partial charge in [-0.2, -0.15) is 0 Å². The van der Waals surface area contributed by atoms with Gasteiger partial charge in [-0.15, -0.1) is 5.01 Å². The number of benzene rings is 2. The summed E-state index contributed by atoms with van der Waals surface area (Å²) in [5.41, 5.74) is 7.87. The van der Waals surface area contributed by atoms with E-state index in [1.807, 2.05) is 24.3 Å². The van der Waals surface area contributed by atoms with Crippen molar-refractivity contribution in [1.82, 2.24) is 5.43 Å². The summed E-state index contributed by atoms with van der Waals surface area (Å²) < 4.78 is 5.47. The van der Waals surface area contributed by atoms with E-state index in [-0.39, 0.29) is 17.0 Å². The molecule has 2 aliphatic heterocycles. The van der Waals surface area contributed by atoms with Crippen molar-refractivity contribution in [2.75, 3.05) is 7.11 Å². The fourth-order valence-corrected chi connectivity index (χ4v) is 3.45. The molecule has 2 aromatic rings. The smallest absolute Gasteiger partial charge is 0.316 e. The average molecular weight is 417 g/mol. The van der Waals surface area contributed by atoms with Crippen LogP contribution in [0.2, 0.25) is 0 Å². The van der Waals surface area contributed by atoms with Gasteiger partial charge < -0.3 is 21.7 Å². The van der Waals surface area contributed by atoms with Crippen LogP contribution in [0.15, 0.2) is 64.1 Å². The number of para-hydroxylation sites is 1. The Labute approximate surface area is 161 Å². The number of fused-ring (bicyclic) bond motifs is 1. The van der Waals surface area contributed by atoms with Crippen molar-refractivity contribution >= 4 is 28.5 Å². The predicted molar refractivity (Wildman–Crippen MR) is 97.8 cm³/mol. The molecule has 0 saturated carbocycles. The van der Waals surface area contributed by atoms with Crippen molar-refractivity contribution in [3.8, 4) is 5.75 Å². The number of amidine groups is 2. The zero-order valence-electron chi connectivity index (χ0n) is 13.8. The van der Waals surface area contributed by atoms with Gasteiger partial charge in [0.25, 0.3) is 5.84 Å². The molecule has 25 heavy (non-hydrogen) atoms. The molecule has 128 valence electrons. The van der Waals surface area contributed by atoms with Crippen molar-refractivity contribution in [1.29, 1.82) is 0 Å². The molecule has 2 heterocycles. The monoisotopic (exact) mass is 416 g/mol. The molecule has 0 radical (unpaired) electrons. The predicted octanol–water partition coefficient (Wildman–Crippen LogP) is -0.826. The highest BCUT2D eigenvalue weighted by molar-refractivity contribution is 8.16. The zero-order chi connectivity index (χ0) is 16.5. The second-order valence-electron chi connectivity index (χ2n) is 5.57. The summed E-state index contributed by atoms with van der Waals surface area (Å²) in [7, 11) is 1.67. The topological polar surface area (TPSA) is 50.4 Å². The first-order valence-electron chi connectivity index (χ1n) is 7.64. The molecule has 2 aliphatic rings. The second kappa shape index (κ2) is 7.43. The van der Waals surface area contributed by atoms with Gasteiger partial charge in [0.05, 0.1) is 7.11 Å². The lowest BCUT2D eigenvalue weighted by Gasteiger charge is -2.22. The maximum Gasteiger partial charge on any atom is 0.316 e. The van der Waals surface area contributed by atoms with E-state index < -0.39 is 0 Å². The molecule has 1 atom stereocenters. The summed E-state index contributed by atoms with van der Waals surface area (Å²) in [5, 5.41) is 12.6. The Morgan fingerprint density at radius 2 is 1.80 bits per heavy atom. The summed E-state index contributed by atoms with van der Waals surface area (Å²) in [4.78, 5) is 0. The highest BCUT2D eigenvalue weighted by Gasteiger charge is 2.36. The standard InChI is InChI=1S/C18H16N4OS.BrH/c1-12-7-9-13(10-8-12)15-11-24-18-20-19-17(22(18)21-15)14-5-3-4-6-16(14)23-2;/h3-11,21H,1-2H3;1H. The molecule has 0 amide bonds. The van der Waals surface area contributed by atoms with Crippen molar-refractivity contribution < 1.29 is 26.7 Å². The van der Waals surface area contributed by atoms with Crippen LogP contribution in [-0.4, -0.2) is 18.1 Å². The van der Waals surface area contributed by atoms with Crippen LogP contribution < -0.4 is 32.2 Å². The summed E-state index contributed by atoms with van der Waals surface area (Å²) in [5.74, 6) is 1.60. The fraction of sp³-hybridized carbons (Fsp3) is 0.111. The molecule has 1 unspecified atom stereocenters. The quantitative estimate of drug-likeness (QED) is 0.686. The lowest BCUT2D eigenvalue weighted by molar-refractivity contribution is -0.739. The average Bonchev–Trinajstić information content (AvgIpc) is 3.05. The van der Waals surface area contributed by atoms with E-state index in [0.29, 0.717) is 0 Å². The molecule has 2 N–H and O–H groups in total. The second-order valence-corrected chi connectivity index (χ2v) is 6.43. The number of hydrogen-bond acceptors (Lipinski definition) is 5. The van der Waals surface area contributed by atoms with E-state index in [1.54, 1.807) is 18.9 Å². The Morgan fingerprint density at radius 3 is 2.56 bits per heavy atom. The van der Waals surface area contributed by atoms with E-state index in [4.69, 9.17) is 4.74 Å². The van der Waals surface area contributed by atoms with Crippen molar-refractivity contribution in [2.45, 2.75) is 6.92 Å². The number of ether oxygens (including phenoxy) is 1. The van der Waals surface area contributed by atoms with Gasteiger partial charge in [0.2, 0.25) is 0 Å². The largest absolute Gasteiger partial charge is 1.00 e. The van der Waals surface area contributed by atoms with Crippen molar-refractivity contribution in [2.24, 2.45) is 10.2 Å². The summed E-state index contributed by atoms with van der Waals surface area (Å²) in [6.45, 7) is 2.09. The third kappa shape index (κ3) is 3.35. The van der Waals surface area contributed by atoms with Crippen molar-refractivity contribution in [3.05, 3.63) is 70.6 Å². The van der Waals surface area contributed by atoms with Crippen LogP contribution in [0.4, 0.5) is 0 Å². The molecule has 2 aromatic carbocycles. The minimum absolute atomic E-state index is 0. The van der Waals surface area contributed by atoms with Gasteiger partial charge in [-0.3, -0.25) is 0 Å². The number of rotatable bonds is 3. The van der Waals surface area contributed by atoms with Gasteiger partial charge >= 0.3 is 5.17 Å². The molecular formula is C18H17BrN4OS. The number of halogens is 1. The molecule has 0 saturated heterocycles. The van der Waals surface area contributed by atoms with Crippen LogP contribution >= 0.6 is 11.8 Å². The van der Waals surface area contributed by atoms with E-state index in [2.05, 4.69) is 52.2 Å². The number of nitrogens with one attached hydrogen (secondary N) is 2. The third-order valence-electron chi connectivity index (χ3n) is 3.96. The number of thioether (sulfide) groups is 1. The molecule has 7 heteroatoms. The van der Waals surface area contributed by atoms with E-state index in [9.17, 15) is 0 Å². The molecule has 0 aliphatic carbocycles. The highest BCUT2D eigenvalue weighted by atomic mass is 79.9. The van der Waals surface area contributed by atoms with Crippen molar-refractivity contribution in [3.63, 3.8) is 0 Å². The Balaban J connectivity index is 0.00000182. The maximum absolute atomic E-state index is 5.47. The molecule has 0 aromatic heterocycles. The van der Waals surface area contributed by atoms with Gasteiger partial charge in [-0.05, 0) is 30.8 Å². The third-order valence-corrected chi connectivity index (χ3v) is 4.83. The maximum atomic E-state index is 5.47. The zero-order valence-corrected chi connectivity index (χ0v) is 16.2. The van der Waals surface area contributed by atoms with Crippen LogP contribution in [0.3, 0.4) is 0 Å². The minimum Gasteiger partial charge on any atom is -1.00 e. The van der Waals surface area contributed by atoms with E-state index >= 15 is 0 Å². The number of methoxy groups -OCH3 is 1. The Kier molecular flexibility index (Phi) is 5.27. The van der Waals surface area contributed by atoms with Crippen LogP contribution in [-0.2, 0) is 0 Å².